The van der Waals surface area contributed by atoms with Gasteiger partial charge in [-0.05, 0) is 25.1 Å². The number of fused-ring (bicyclic) bond motifs is 3. The van der Waals surface area contributed by atoms with E-state index in [-0.39, 0.29) is 0 Å². The van der Waals surface area contributed by atoms with Crippen molar-refractivity contribution in [2.45, 2.75) is 6.92 Å². The lowest BCUT2D eigenvalue weighted by atomic mass is 10.1. The molecule has 6 heteroatoms. The van der Waals surface area contributed by atoms with Crippen molar-refractivity contribution in [2.75, 3.05) is 0 Å². The average molecular weight is 339 g/mol. The number of nitrogens with zero attached hydrogens (tertiary/aromatic N) is 4. The fourth-order valence-electron chi connectivity index (χ4n) is 2.71. The van der Waals surface area contributed by atoms with Crippen LogP contribution in [0.25, 0.3) is 27.8 Å². The zero-order valence-corrected chi connectivity index (χ0v) is 13.8. The van der Waals surface area contributed by atoms with E-state index in [9.17, 15) is 0 Å². The second kappa shape index (κ2) is 5.37. The Hall–Kier alpha value is -2.37. The maximum atomic E-state index is 6.23. The third kappa shape index (κ3) is 2.29. The molecule has 0 fully saturated rings. The summed E-state index contributed by atoms with van der Waals surface area (Å²) in [5.41, 5.74) is 3.27. The first kappa shape index (κ1) is 14.2. The van der Waals surface area contributed by atoms with Crippen LogP contribution in [-0.2, 0) is 0 Å². The van der Waals surface area contributed by atoms with E-state index in [2.05, 4.69) is 15.2 Å². The molecule has 2 aromatic heterocycles. The Labute approximate surface area is 142 Å². The van der Waals surface area contributed by atoms with Crippen molar-refractivity contribution in [3.05, 3.63) is 64.0 Å². The highest BCUT2D eigenvalue weighted by Gasteiger charge is 2.12. The standard InChI is InChI=1S/C17H11ClN4S/c1-10-20-21-16-17(23)19-15(11-5-3-2-4-6-11)13-9-12(18)7-8-14(13)22(10)16/h2-9H,1H3. The largest absolute Gasteiger partial charge is 0.276 e. The monoisotopic (exact) mass is 338 g/mol. The van der Waals surface area contributed by atoms with Crippen LogP contribution in [0.5, 0.6) is 0 Å². The van der Waals surface area contributed by atoms with Crippen LogP contribution in [0.4, 0.5) is 0 Å². The smallest absolute Gasteiger partial charge is 0.198 e. The second-order valence-corrected chi connectivity index (χ2v) is 6.02. The Morgan fingerprint density at radius 1 is 1.04 bits per heavy atom. The second-order valence-electron chi connectivity index (χ2n) is 5.20. The Morgan fingerprint density at radius 3 is 2.61 bits per heavy atom. The van der Waals surface area contributed by atoms with Gasteiger partial charge in [-0.1, -0.05) is 54.2 Å². The Morgan fingerprint density at radius 2 is 1.83 bits per heavy atom. The highest BCUT2D eigenvalue weighted by Crippen LogP contribution is 2.29. The van der Waals surface area contributed by atoms with Crippen LogP contribution in [0, 0.1) is 11.6 Å². The molecule has 23 heavy (non-hydrogen) atoms. The summed E-state index contributed by atoms with van der Waals surface area (Å²) in [7, 11) is 0. The van der Waals surface area contributed by atoms with E-state index in [0.717, 1.165) is 28.0 Å². The van der Waals surface area contributed by atoms with Gasteiger partial charge in [0.1, 0.15) is 5.82 Å². The fraction of sp³-hybridized carbons (Fsp3) is 0.0588. The van der Waals surface area contributed by atoms with Crippen LogP contribution in [0.1, 0.15) is 5.82 Å². The van der Waals surface area contributed by atoms with Crippen LogP contribution in [-0.4, -0.2) is 19.6 Å². The van der Waals surface area contributed by atoms with Gasteiger partial charge in [-0.15, -0.1) is 10.2 Å². The predicted molar refractivity (Wildman–Crippen MR) is 94.3 cm³/mol. The van der Waals surface area contributed by atoms with E-state index in [0.29, 0.717) is 15.3 Å². The molecule has 0 aliphatic rings. The molecular formula is C17H11ClN4S. The third-order valence-electron chi connectivity index (χ3n) is 3.73. The van der Waals surface area contributed by atoms with Gasteiger partial charge in [0, 0.05) is 16.0 Å². The Bertz CT molecular complexity index is 1110. The molecule has 0 saturated heterocycles. The molecule has 0 spiro atoms. The van der Waals surface area contributed by atoms with Crippen LogP contribution in [0.2, 0.25) is 5.02 Å². The van der Waals surface area contributed by atoms with Gasteiger partial charge >= 0.3 is 0 Å². The van der Waals surface area contributed by atoms with Crippen LogP contribution in [0.3, 0.4) is 0 Å². The maximum absolute atomic E-state index is 6.23. The first-order valence-electron chi connectivity index (χ1n) is 7.06. The molecule has 4 rings (SSSR count). The normalized spacial score (nSPS) is 11.2. The minimum absolute atomic E-state index is 0.414. The molecule has 112 valence electrons. The molecule has 4 aromatic rings. The van der Waals surface area contributed by atoms with Gasteiger partial charge in [0.25, 0.3) is 0 Å². The molecule has 0 aliphatic heterocycles. The molecule has 0 radical (unpaired) electrons. The van der Waals surface area contributed by atoms with Gasteiger partial charge in [-0.3, -0.25) is 4.40 Å². The summed E-state index contributed by atoms with van der Waals surface area (Å²) < 4.78 is 2.34. The Balaban J connectivity index is 2.31. The number of halogens is 1. The van der Waals surface area contributed by atoms with Crippen molar-refractivity contribution < 1.29 is 0 Å². The molecule has 2 heterocycles. The SMILES string of the molecule is Cc1nnc2c(=S)nc(-c3ccccc3)c3cc(Cl)ccc3n12. The summed E-state index contributed by atoms with van der Waals surface area (Å²) in [4.78, 5) is 4.65. The predicted octanol–water partition coefficient (Wildman–Crippen LogP) is 4.64. The maximum Gasteiger partial charge on any atom is 0.198 e. The topological polar surface area (TPSA) is 43.1 Å². The van der Waals surface area contributed by atoms with E-state index in [4.69, 9.17) is 23.8 Å². The zero-order chi connectivity index (χ0) is 16.0. The molecule has 0 aliphatic carbocycles. The summed E-state index contributed by atoms with van der Waals surface area (Å²) in [6, 6.07) is 15.6. The molecule has 0 saturated carbocycles. The van der Waals surface area contributed by atoms with E-state index >= 15 is 0 Å². The molecule has 0 amide bonds. The molecule has 4 nitrogen and oxygen atoms in total. The Kier molecular flexibility index (Phi) is 3.32. The zero-order valence-electron chi connectivity index (χ0n) is 12.2. The minimum atomic E-state index is 0.414. The number of hydrogen-bond donors (Lipinski definition) is 0. The van der Waals surface area contributed by atoms with Crippen molar-refractivity contribution in [3.63, 3.8) is 0 Å². The van der Waals surface area contributed by atoms with Gasteiger partial charge in [-0.2, -0.15) is 0 Å². The van der Waals surface area contributed by atoms with Gasteiger partial charge in [0.05, 0.1) is 11.2 Å². The average Bonchev–Trinajstić information content (AvgIpc) is 2.89. The minimum Gasteiger partial charge on any atom is -0.276 e. The van der Waals surface area contributed by atoms with Crippen molar-refractivity contribution in [2.24, 2.45) is 0 Å². The van der Waals surface area contributed by atoms with Gasteiger partial charge in [0.15, 0.2) is 10.3 Å². The summed E-state index contributed by atoms with van der Waals surface area (Å²) in [5.74, 6) is 0.760. The lowest BCUT2D eigenvalue weighted by molar-refractivity contribution is 1.02. The number of benzene rings is 2. The number of aryl methyl sites for hydroxylation is 1. The van der Waals surface area contributed by atoms with Crippen molar-refractivity contribution in [1.29, 1.82) is 0 Å². The highest BCUT2D eigenvalue weighted by molar-refractivity contribution is 7.71. The number of aromatic nitrogens is 4. The lowest BCUT2D eigenvalue weighted by Crippen LogP contribution is -1.88. The molecule has 2 aromatic carbocycles. The molecule has 0 atom stereocenters. The van der Waals surface area contributed by atoms with Gasteiger partial charge < -0.3 is 0 Å². The van der Waals surface area contributed by atoms with E-state index in [1.54, 1.807) is 0 Å². The van der Waals surface area contributed by atoms with Crippen LogP contribution >= 0.6 is 23.8 Å². The fourth-order valence-corrected chi connectivity index (χ4v) is 3.11. The molecular weight excluding hydrogens is 328 g/mol. The van der Waals surface area contributed by atoms with Crippen molar-refractivity contribution in [1.82, 2.24) is 19.6 Å². The molecule has 0 N–H and O–H groups in total. The summed E-state index contributed by atoms with van der Waals surface area (Å²) in [6.07, 6.45) is 0. The van der Waals surface area contributed by atoms with E-state index in [1.807, 2.05) is 59.9 Å². The number of rotatable bonds is 1. The van der Waals surface area contributed by atoms with E-state index in [1.165, 1.54) is 0 Å². The van der Waals surface area contributed by atoms with Crippen LogP contribution in [0.15, 0.2) is 48.5 Å². The van der Waals surface area contributed by atoms with Crippen LogP contribution < -0.4 is 0 Å². The summed E-state index contributed by atoms with van der Waals surface area (Å²) in [5, 5.41) is 9.87. The third-order valence-corrected chi connectivity index (χ3v) is 4.24. The number of hydrogen-bond acceptors (Lipinski definition) is 4. The van der Waals surface area contributed by atoms with Crippen molar-refractivity contribution in [3.8, 4) is 11.3 Å². The summed E-state index contributed by atoms with van der Waals surface area (Å²) >= 11 is 11.7. The van der Waals surface area contributed by atoms with Gasteiger partial charge in [0.2, 0.25) is 0 Å². The molecule has 0 unspecified atom stereocenters. The van der Waals surface area contributed by atoms with Gasteiger partial charge in [-0.25, -0.2) is 4.98 Å². The van der Waals surface area contributed by atoms with E-state index < -0.39 is 0 Å². The highest BCUT2D eigenvalue weighted by atomic mass is 35.5. The van der Waals surface area contributed by atoms with Crippen molar-refractivity contribution >= 4 is 40.4 Å². The lowest BCUT2D eigenvalue weighted by Gasteiger charge is -2.03. The first-order chi connectivity index (χ1) is 11.1. The summed E-state index contributed by atoms with van der Waals surface area (Å²) in [6.45, 7) is 1.89. The molecule has 0 bridgehead atoms. The first-order valence-corrected chi connectivity index (χ1v) is 7.84. The quantitative estimate of drug-likeness (QED) is 0.474.